The second-order valence-electron chi connectivity index (χ2n) is 8.67. The van der Waals surface area contributed by atoms with Crippen molar-refractivity contribution < 1.29 is 9.90 Å². The van der Waals surface area contributed by atoms with Crippen molar-refractivity contribution in [3.8, 4) is 0 Å². The van der Waals surface area contributed by atoms with Gasteiger partial charge in [0.05, 0.1) is 6.61 Å². The molecule has 0 heterocycles. The van der Waals surface area contributed by atoms with Crippen LogP contribution in [0.1, 0.15) is 65.2 Å². The number of fused-ring (bicyclic) bond motifs is 5. The molecule has 3 fully saturated rings. The molecular weight excluding hydrogens is 284 g/mol. The minimum absolute atomic E-state index is 0.0726. The standard InChI is InChI=1S/C21H30O2/c1-3-14-5-7-18-17-6-4-15-12-16(23)8-11-21(15,13-22)19(17)9-10-20(14,18)2/h3,12,17-19,22H,4-11,13H2,1-2H3/t17?,18?,19?,20-,21?/m1/s1. The molecule has 0 amide bonds. The zero-order valence-corrected chi connectivity index (χ0v) is 14.6. The van der Waals surface area contributed by atoms with Gasteiger partial charge < -0.3 is 5.11 Å². The zero-order valence-electron chi connectivity index (χ0n) is 14.6. The molecule has 0 aromatic rings. The van der Waals surface area contributed by atoms with Crippen molar-refractivity contribution in [3.63, 3.8) is 0 Å². The van der Waals surface area contributed by atoms with E-state index in [1.807, 2.05) is 6.08 Å². The molecule has 0 bridgehead atoms. The van der Waals surface area contributed by atoms with Crippen LogP contribution < -0.4 is 0 Å². The van der Waals surface area contributed by atoms with Crippen LogP contribution in [0.5, 0.6) is 0 Å². The predicted molar refractivity (Wildman–Crippen MR) is 91.9 cm³/mol. The van der Waals surface area contributed by atoms with Crippen molar-refractivity contribution in [1.82, 2.24) is 0 Å². The molecule has 5 atom stereocenters. The first-order chi connectivity index (χ1) is 11.0. The average Bonchev–Trinajstić information content (AvgIpc) is 2.90. The van der Waals surface area contributed by atoms with E-state index in [1.165, 1.54) is 37.7 Å². The van der Waals surface area contributed by atoms with Crippen molar-refractivity contribution >= 4 is 5.78 Å². The van der Waals surface area contributed by atoms with Crippen molar-refractivity contribution in [1.29, 1.82) is 0 Å². The molecule has 4 aliphatic rings. The van der Waals surface area contributed by atoms with Gasteiger partial charge in [0.1, 0.15) is 0 Å². The molecule has 0 aromatic carbocycles. The number of rotatable bonds is 1. The van der Waals surface area contributed by atoms with Gasteiger partial charge in [0.15, 0.2) is 5.78 Å². The molecule has 23 heavy (non-hydrogen) atoms. The van der Waals surface area contributed by atoms with Crippen LogP contribution >= 0.6 is 0 Å². The molecule has 4 rings (SSSR count). The van der Waals surface area contributed by atoms with E-state index < -0.39 is 0 Å². The monoisotopic (exact) mass is 314 g/mol. The average molecular weight is 314 g/mol. The summed E-state index contributed by atoms with van der Waals surface area (Å²) in [5.41, 5.74) is 3.29. The third-order valence-corrected chi connectivity index (χ3v) is 8.16. The SMILES string of the molecule is CC=C1CCC2C3CCC4=CC(=O)CCC4(CO)C3CC[C@]12C. The number of ketones is 1. The molecule has 4 unspecified atom stereocenters. The van der Waals surface area contributed by atoms with E-state index in [1.54, 1.807) is 5.57 Å². The van der Waals surface area contributed by atoms with Crippen molar-refractivity contribution in [3.05, 3.63) is 23.3 Å². The van der Waals surface area contributed by atoms with Gasteiger partial charge in [-0.1, -0.05) is 24.1 Å². The van der Waals surface area contributed by atoms with Crippen LogP contribution in [-0.4, -0.2) is 17.5 Å². The molecule has 0 saturated heterocycles. The van der Waals surface area contributed by atoms with Gasteiger partial charge in [-0.05, 0) is 81.1 Å². The topological polar surface area (TPSA) is 37.3 Å². The molecule has 2 heteroatoms. The van der Waals surface area contributed by atoms with E-state index in [0.29, 0.717) is 17.8 Å². The number of aliphatic hydroxyl groups excluding tert-OH is 1. The van der Waals surface area contributed by atoms with Gasteiger partial charge >= 0.3 is 0 Å². The van der Waals surface area contributed by atoms with Gasteiger partial charge in [0.25, 0.3) is 0 Å². The molecule has 0 aromatic heterocycles. The van der Waals surface area contributed by atoms with Crippen LogP contribution in [0.25, 0.3) is 0 Å². The lowest BCUT2D eigenvalue weighted by molar-refractivity contribution is -0.118. The maximum absolute atomic E-state index is 11.9. The van der Waals surface area contributed by atoms with E-state index in [0.717, 1.165) is 24.7 Å². The molecule has 1 N–H and O–H groups in total. The van der Waals surface area contributed by atoms with Gasteiger partial charge in [-0.25, -0.2) is 0 Å². The van der Waals surface area contributed by atoms with Crippen LogP contribution in [0.2, 0.25) is 0 Å². The zero-order chi connectivity index (χ0) is 16.2. The van der Waals surface area contributed by atoms with Gasteiger partial charge in [0, 0.05) is 11.8 Å². The Morgan fingerprint density at radius 1 is 1.17 bits per heavy atom. The Morgan fingerprint density at radius 2 is 2.00 bits per heavy atom. The molecular formula is C21H30O2. The van der Waals surface area contributed by atoms with E-state index in [2.05, 4.69) is 19.9 Å². The number of allylic oxidation sites excluding steroid dienone is 2. The van der Waals surface area contributed by atoms with Crippen LogP contribution in [0.15, 0.2) is 23.3 Å². The summed E-state index contributed by atoms with van der Waals surface area (Å²) < 4.78 is 0. The van der Waals surface area contributed by atoms with Gasteiger partial charge in [-0.3, -0.25) is 4.79 Å². The molecule has 0 radical (unpaired) electrons. The summed E-state index contributed by atoms with van der Waals surface area (Å²) in [6.07, 6.45) is 13.1. The Labute approximate surface area is 140 Å². The second-order valence-corrected chi connectivity index (χ2v) is 8.67. The van der Waals surface area contributed by atoms with E-state index >= 15 is 0 Å². The summed E-state index contributed by atoms with van der Waals surface area (Å²) in [7, 11) is 0. The number of hydrogen-bond donors (Lipinski definition) is 1. The van der Waals surface area contributed by atoms with E-state index in [9.17, 15) is 9.90 Å². The first-order valence-corrected chi connectivity index (χ1v) is 9.55. The first kappa shape index (κ1) is 15.6. The van der Waals surface area contributed by atoms with Crippen LogP contribution in [0.3, 0.4) is 0 Å². The highest BCUT2D eigenvalue weighted by atomic mass is 16.3. The van der Waals surface area contributed by atoms with Crippen molar-refractivity contribution in [2.75, 3.05) is 6.61 Å². The first-order valence-electron chi connectivity index (χ1n) is 9.55. The molecule has 2 nitrogen and oxygen atoms in total. The smallest absolute Gasteiger partial charge is 0.155 e. The summed E-state index contributed by atoms with van der Waals surface area (Å²) in [6, 6.07) is 0. The predicted octanol–water partition coefficient (Wildman–Crippen LogP) is 4.44. The Morgan fingerprint density at radius 3 is 2.74 bits per heavy atom. The van der Waals surface area contributed by atoms with Gasteiger partial charge in [0.2, 0.25) is 0 Å². The number of aliphatic hydroxyl groups is 1. The summed E-state index contributed by atoms with van der Waals surface area (Å²) in [6.45, 7) is 4.95. The molecule has 126 valence electrons. The summed E-state index contributed by atoms with van der Waals surface area (Å²) >= 11 is 0. The normalized spacial score (nSPS) is 47.8. The van der Waals surface area contributed by atoms with Crippen molar-refractivity contribution in [2.45, 2.75) is 65.2 Å². The third kappa shape index (κ3) is 2.00. The van der Waals surface area contributed by atoms with Gasteiger partial charge in [-0.2, -0.15) is 0 Å². The lowest BCUT2D eigenvalue weighted by Crippen LogP contribution is -2.52. The van der Waals surface area contributed by atoms with E-state index in [-0.39, 0.29) is 17.8 Å². The highest BCUT2D eigenvalue weighted by molar-refractivity contribution is 5.91. The third-order valence-electron chi connectivity index (χ3n) is 8.16. The lowest BCUT2D eigenvalue weighted by Gasteiger charge is -2.58. The van der Waals surface area contributed by atoms with Crippen LogP contribution in [-0.2, 0) is 4.79 Å². The maximum atomic E-state index is 11.9. The largest absolute Gasteiger partial charge is 0.395 e. The lowest BCUT2D eigenvalue weighted by atomic mass is 9.47. The summed E-state index contributed by atoms with van der Waals surface area (Å²) in [4.78, 5) is 11.9. The van der Waals surface area contributed by atoms with Crippen LogP contribution in [0, 0.1) is 28.6 Å². The quantitative estimate of drug-likeness (QED) is 0.727. The highest BCUT2D eigenvalue weighted by Gasteiger charge is 2.58. The number of hydrogen-bond acceptors (Lipinski definition) is 2. The minimum Gasteiger partial charge on any atom is -0.395 e. The highest BCUT2D eigenvalue weighted by Crippen LogP contribution is 2.66. The Hall–Kier alpha value is -0.890. The minimum atomic E-state index is -0.0726. The number of carbonyl (C=O) groups excluding carboxylic acids is 1. The Balaban J connectivity index is 1.72. The molecule has 4 aliphatic carbocycles. The van der Waals surface area contributed by atoms with Crippen molar-refractivity contribution in [2.24, 2.45) is 28.6 Å². The fourth-order valence-electron chi connectivity index (χ4n) is 6.98. The summed E-state index contributed by atoms with van der Waals surface area (Å²) in [5, 5.41) is 10.3. The van der Waals surface area contributed by atoms with E-state index in [4.69, 9.17) is 0 Å². The molecule has 0 spiro atoms. The second kappa shape index (κ2) is 5.31. The molecule has 3 saturated carbocycles. The fourth-order valence-corrected chi connectivity index (χ4v) is 6.98. The summed E-state index contributed by atoms with van der Waals surface area (Å²) in [5.74, 6) is 2.40. The fraction of sp³-hybridized carbons (Fsp3) is 0.762. The van der Waals surface area contributed by atoms with Crippen LogP contribution in [0.4, 0.5) is 0 Å². The molecule has 0 aliphatic heterocycles. The Kier molecular flexibility index (Phi) is 3.61. The number of carbonyl (C=O) groups is 1. The Bertz CT molecular complexity index is 587. The van der Waals surface area contributed by atoms with Gasteiger partial charge in [-0.15, -0.1) is 0 Å². The maximum Gasteiger partial charge on any atom is 0.155 e.